The highest BCUT2D eigenvalue weighted by Gasteiger charge is 2.08. The number of aromatic carboxylic acids is 1. The average molecular weight is 352 g/mol. The van der Waals surface area contributed by atoms with Crippen LogP contribution in [0.2, 0.25) is 0 Å². The third-order valence-electron chi connectivity index (χ3n) is 3.89. The number of hydrogen-bond acceptors (Lipinski definition) is 4. The fourth-order valence-electron chi connectivity index (χ4n) is 2.53. The van der Waals surface area contributed by atoms with Gasteiger partial charge in [-0.3, -0.25) is 9.89 Å². The second-order valence-electron chi connectivity index (χ2n) is 5.57. The van der Waals surface area contributed by atoms with E-state index >= 15 is 0 Å². The van der Waals surface area contributed by atoms with Crippen LogP contribution < -0.4 is 20.9 Å². The first kappa shape index (κ1) is 17.1. The van der Waals surface area contributed by atoms with Crippen molar-refractivity contribution < 1.29 is 19.7 Å². The van der Waals surface area contributed by atoms with E-state index in [2.05, 4.69) is 11.7 Å². The number of aromatic amines is 1. The second-order valence-corrected chi connectivity index (χ2v) is 5.57. The summed E-state index contributed by atoms with van der Waals surface area (Å²) >= 11 is 0. The maximum Gasteiger partial charge on any atom is 0.335 e. The zero-order valence-electron chi connectivity index (χ0n) is 13.9. The van der Waals surface area contributed by atoms with Crippen molar-refractivity contribution in [2.45, 2.75) is 0 Å². The van der Waals surface area contributed by atoms with Gasteiger partial charge in [-0.25, -0.2) is 9.48 Å². The maximum atomic E-state index is 12.7. The van der Waals surface area contributed by atoms with E-state index in [9.17, 15) is 14.7 Å². The summed E-state index contributed by atoms with van der Waals surface area (Å²) in [7, 11) is 1.44. The fraction of sp³-hybridized carbons (Fsp3) is 0.0526. The Morgan fingerprint density at radius 1 is 1.23 bits per heavy atom. The summed E-state index contributed by atoms with van der Waals surface area (Å²) in [5.41, 5.74) is 0.957. The monoisotopic (exact) mass is 352 g/mol. The van der Waals surface area contributed by atoms with Gasteiger partial charge in [-0.15, -0.1) is 0 Å². The van der Waals surface area contributed by atoms with Gasteiger partial charge in [-0.2, -0.15) is 0 Å². The number of benzene rings is 2. The number of nitrogens with one attached hydrogen (secondary N) is 1. The van der Waals surface area contributed by atoms with Crippen LogP contribution in [0.1, 0.15) is 15.9 Å². The van der Waals surface area contributed by atoms with E-state index in [1.807, 2.05) is 0 Å². The Balaban J connectivity index is 2.10. The van der Waals surface area contributed by atoms with Crippen molar-refractivity contribution in [3.05, 3.63) is 74.5 Å². The molecule has 7 heteroatoms. The molecule has 3 rings (SSSR count). The predicted octanol–water partition coefficient (Wildman–Crippen LogP) is 0.817. The summed E-state index contributed by atoms with van der Waals surface area (Å²) in [6, 6.07) is 10.6. The summed E-state index contributed by atoms with van der Waals surface area (Å²) in [5, 5.41) is 22.2. The Bertz CT molecular complexity index is 1140. The SMILES string of the molecule is C=c1[nH]n(-c2ccc(C(=O)O)cc2)c(=O)/c1=C\c1ccc(O)c(OC)c1. The number of carboxylic acids is 1. The average Bonchev–Trinajstić information content (AvgIpc) is 2.91. The molecule has 1 heterocycles. The van der Waals surface area contributed by atoms with Gasteiger partial charge >= 0.3 is 5.97 Å². The number of ether oxygens (including phenoxy) is 1. The van der Waals surface area contributed by atoms with Gasteiger partial charge in [-0.1, -0.05) is 12.6 Å². The lowest BCUT2D eigenvalue weighted by Crippen LogP contribution is -2.33. The van der Waals surface area contributed by atoms with Gasteiger partial charge in [0.05, 0.1) is 28.9 Å². The number of rotatable bonds is 4. The van der Waals surface area contributed by atoms with E-state index in [4.69, 9.17) is 9.84 Å². The molecule has 2 aromatic carbocycles. The molecular formula is C19H16N2O5. The molecule has 0 saturated carbocycles. The lowest BCUT2D eigenvalue weighted by molar-refractivity contribution is 0.0697. The van der Waals surface area contributed by atoms with Crippen LogP contribution in [0.15, 0.2) is 47.3 Å². The summed E-state index contributed by atoms with van der Waals surface area (Å²) < 4.78 is 6.35. The van der Waals surface area contributed by atoms with E-state index < -0.39 is 5.97 Å². The van der Waals surface area contributed by atoms with Crippen LogP contribution in [0.4, 0.5) is 0 Å². The molecule has 0 radical (unpaired) electrons. The van der Waals surface area contributed by atoms with Crippen LogP contribution in [0.5, 0.6) is 11.5 Å². The number of carbonyl (C=O) groups is 1. The van der Waals surface area contributed by atoms with E-state index in [-0.39, 0.29) is 16.9 Å². The molecule has 7 nitrogen and oxygen atoms in total. The van der Waals surface area contributed by atoms with E-state index in [1.165, 1.54) is 42.1 Å². The quantitative estimate of drug-likeness (QED) is 0.645. The third-order valence-corrected chi connectivity index (χ3v) is 3.89. The molecule has 0 aliphatic rings. The molecule has 0 bridgehead atoms. The molecule has 1 aromatic heterocycles. The van der Waals surface area contributed by atoms with Crippen LogP contribution in [0.25, 0.3) is 18.3 Å². The normalized spacial score (nSPS) is 11.5. The molecule has 0 aliphatic heterocycles. The molecule has 3 aromatic rings. The first-order chi connectivity index (χ1) is 12.4. The van der Waals surface area contributed by atoms with Crippen molar-refractivity contribution in [3.8, 4) is 17.2 Å². The highest BCUT2D eigenvalue weighted by Crippen LogP contribution is 2.26. The lowest BCUT2D eigenvalue weighted by atomic mass is 10.1. The van der Waals surface area contributed by atoms with Crippen molar-refractivity contribution in [2.24, 2.45) is 0 Å². The number of aromatic nitrogens is 2. The first-order valence-electron chi connectivity index (χ1n) is 7.63. The van der Waals surface area contributed by atoms with Gasteiger partial charge < -0.3 is 14.9 Å². The van der Waals surface area contributed by atoms with Crippen molar-refractivity contribution in [1.29, 1.82) is 0 Å². The smallest absolute Gasteiger partial charge is 0.335 e. The van der Waals surface area contributed by atoms with Gasteiger partial charge in [0.1, 0.15) is 0 Å². The summed E-state index contributed by atoms with van der Waals surface area (Å²) in [5.74, 6) is -0.738. The summed E-state index contributed by atoms with van der Waals surface area (Å²) in [6.45, 7) is 3.85. The Hall–Kier alpha value is -3.74. The van der Waals surface area contributed by atoms with E-state index in [0.29, 0.717) is 27.6 Å². The Kier molecular flexibility index (Phi) is 4.36. The number of phenolic OH excluding ortho intramolecular Hbond substituents is 1. The van der Waals surface area contributed by atoms with Crippen molar-refractivity contribution in [3.63, 3.8) is 0 Å². The number of hydrogen-bond donors (Lipinski definition) is 3. The minimum atomic E-state index is -1.04. The third kappa shape index (κ3) is 3.10. The summed E-state index contributed by atoms with van der Waals surface area (Å²) in [6.07, 6.45) is 1.63. The van der Waals surface area contributed by atoms with Gasteiger partial charge in [0.2, 0.25) is 0 Å². The van der Waals surface area contributed by atoms with Crippen LogP contribution >= 0.6 is 0 Å². The molecule has 132 valence electrons. The molecule has 0 unspecified atom stereocenters. The van der Waals surface area contributed by atoms with Gasteiger partial charge in [0, 0.05) is 0 Å². The van der Waals surface area contributed by atoms with Crippen molar-refractivity contribution >= 4 is 18.6 Å². The molecule has 3 N–H and O–H groups in total. The van der Waals surface area contributed by atoms with Crippen LogP contribution in [-0.2, 0) is 0 Å². The van der Waals surface area contributed by atoms with Crippen molar-refractivity contribution in [2.75, 3.05) is 7.11 Å². The highest BCUT2D eigenvalue weighted by molar-refractivity contribution is 5.87. The second kappa shape index (κ2) is 6.64. The molecule has 26 heavy (non-hydrogen) atoms. The summed E-state index contributed by atoms with van der Waals surface area (Å²) in [4.78, 5) is 23.6. The number of nitrogens with zero attached hydrogens (tertiary/aromatic N) is 1. The van der Waals surface area contributed by atoms with E-state index in [0.717, 1.165) is 0 Å². The molecule has 0 spiro atoms. The maximum absolute atomic E-state index is 12.7. The Labute approximate surface area is 147 Å². The zero-order valence-corrected chi connectivity index (χ0v) is 13.9. The number of carboxylic acid groups (broad SMARTS) is 1. The van der Waals surface area contributed by atoms with Crippen LogP contribution in [0, 0.1) is 0 Å². The molecule has 0 amide bonds. The zero-order chi connectivity index (χ0) is 18.8. The largest absolute Gasteiger partial charge is 0.504 e. The van der Waals surface area contributed by atoms with Crippen LogP contribution in [0.3, 0.4) is 0 Å². The van der Waals surface area contributed by atoms with Gasteiger partial charge in [0.15, 0.2) is 11.5 Å². The standard InChI is InChI=1S/C19H16N2O5/c1-11-15(9-12-3-8-16(22)17(10-12)26-2)18(23)21(20-11)14-6-4-13(5-7-14)19(24)25/h3-10,20,22H,1H2,2H3,(H,24,25)/b15-9-. The van der Waals surface area contributed by atoms with Crippen LogP contribution in [-0.4, -0.2) is 33.1 Å². The number of aromatic hydroxyl groups is 1. The van der Waals surface area contributed by atoms with Crippen molar-refractivity contribution in [1.82, 2.24) is 9.78 Å². The lowest BCUT2D eigenvalue weighted by Gasteiger charge is -2.03. The minimum absolute atomic E-state index is 0.00416. The molecule has 0 aliphatic carbocycles. The molecular weight excluding hydrogens is 336 g/mol. The number of methoxy groups -OCH3 is 1. The molecule has 0 fully saturated rings. The fourth-order valence-corrected chi connectivity index (χ4v) is 2.53. The number of H-pyrrole nitrogens is 1. The minimum Gasteiger partial charge on any atom is -0.504 e. The Morgan fingerprint density at radius 3 is 2.54 bits per heavy atom. The number of phenols is 1. The van der Waals surface area contributed by atoms with Gasteiger partial charge in [-0.05, 0) is 48.0 Å². The Morgan fingerprint density at radius 2 is 1.92 bits per heavy atom. The van der Waals surface area contributed by atoms with E-state index in [1.54, 1.807) is 18.2 Å². The molecule has 0 saturated heterocycles. The first-order valence-corrected chi connectivity index (χ1v) is 7.63. The highest BCUT2D eigenvalue weighted by atomic mass is 16.5. The molecule has 0 atom stereocenters. The van der Waals surface area contributed by atoms with Gasteiger partial charge in [0.25, 0.3) is 5.56 Å². The predicted molar refractivity (Wildman–Crippen MR) is 96.3 cm³/mol. The topological polar surface area (TPSA) is 105 Å².